The highest BCUT2D eigenvalue weighted by atomic mass is 32.2. The summed E-state index contributed by atoms with van der Waals surface area (Å²) >= 11 is 0. The van der Waals surface area contributed by atoms with Crippen molar-refractivity contribution in [2.75, 3.05) is 4.72 Å². The summed E-state index contributed by atoms with van der Waals surface area (Å²) in [4.78, 5) is 8.60. The van der Waals surface area contributed by atoms with E-state index in [1.54, 1.807) is 13.0 Å². The van der Waals surface area contributed by atoms with Gasteiger partial charge in [0, 0.05) is 5.39 Å². The van der Waals surface area contributed by atoms with Gasteiger partial charge in [-0.25, -0.2) is 18.4 Å². The number of anilines is 1. The van der Waals surface area contributed by atoms with Gasteiger partial charge in [0.2, 0.25) is 0 Å². The third-order valence-electron chi connectivity index (χ3n) is 4.73. The van der Waals surface area contributed by atoms with Crippen molar-refractivity contribution in [3.8, 4) is 0 Å². The zero-order valence-corrected chi connectivity index (χ0v) is 17.0. The molecular weight excluding hydrogens is 374 g/mol. The van der Waals surface area contributed by atoms with E-state index in [4.69, 9.17) is 4.42 Å². The van der Waals surface area contributed by atoms with Gasteiger partial charge in [-0.2, -0.15) is 0 Å². The third-order valence-corrected chi connectivity index (χ3v) is 6.21. The number of benzene rings is 2. The van der Waals surface area contributed by atoms with Gasteiger partial charge in [0.05, 0.1) is 4.90 Å². The summed E-state index contributed by atoms with van der Waals surface area (Å²) in [5.74, 6) is 0.127. The van der Waals surface area contributed by atoms with E-state index in [1.165, 1.54) is 6.33 Å². The SMILES string of the molecule is Cc1ccc(C(C)(C)C)cc1S(=O)(=O)Nc1ncnc2c1oc1ccccc12. The molecule has 7 heteroatoms. The van der Waals surface area contributed by atoms with Crippen LogP contribution in [0.5, 0.6) is 0 Å². The van der Waals surface area contributed by atoms with Crippen LogP contribution in [0.4, 0.5) is 5.82 Å². The molecule has 0 amide bonds. The monoisotopic (exact) mass is 395 g/mol. The quantitative estimate of drug-likeness (QED) is 0.539. The van der Waals surface area contributed by atoms with E-state index in [9.17, 15) is 8.42 Å². The van der Waals surface area contributed by atoms with Crippen molar-refractivity contribution < 1.29 is 12.8 Å². The Kier molecular flexibility index (Phi) is 4.15. The zero-order chi connectivity index (χ0) is 20.1. The number of aryl methyl sites for hydroxylation is 1. The molecule has 0 aliphatic carbocycles. The van der Waals surface area contributed by atoms with Crippen LogP contribution < -0.4 is 4.72 Å². The van der Waals surface area contributed by atoms with Crippen LogP contribution in [0.2, 0.25) is 0 Å². The summed E-state index contributed by atoms with van der Waals surface area (Å²) in [6.07, 6.45) is 1.33. The molecule has 2 aromatic carbocycles. The minimum absolute atomic E-state index is 0.127. The van der Waals surface area contributed by atoms with Gasteiger partial charge >= 0.3 is 0 Å². The molecule has 144 valence electrons. The second-order valence-electron chi connectivity index (χ2n) is 7.83. The number of aromatic nitrogens is 2. The minimum Gasteiger partial charge on any atom is -0.450 e. The highest BCUT2D eigenvalue weighted by Gasteiger charge is 2.24. The molecule has 0 bridgehead atoms. The Morgan fingerprint density at radius 1 is 1.04 bits per heavy atom. The highest BCUT2D eigenvalue weighted by molar-refractivity contribution is 7.92. The number of para-hydroxylation sites is 1. The molecular formula is C21H21N3O3S. The first-order valence-corrected chi connectivity index (χ1v) is 10.4. The van der Waals surface area contributed by atoms with Crippen LogP contribution >= 0.6 is 0 Å². The van der Waals surface area contributed by atoms with Gasteiger partial charge in [-0.15, -0.1) is 0 Å². The normalized spacial score (nSPS) is 12.6. The van der Waals surface area contributed by atoms with Crippen molar-refractivity contribution in [3.63, 3.8) is 0 Å². The topological polar surface area (TPSA) is 85.1 Å². The minimum atomic E-state index is -3.86. The smallest absolute Gasteiger partial charge is 0.263 e. The molecule has 0 fully saturated rings. The maximum Gasteiger partial charge on any atom is 0.263 e. The molecule has 6 nitrogen and oxygen atoms in total. The fourth-order valence-electron chi connectivity index (χ4n) is 3.13. The Balaban J connectivity index is 1.83. The Labute approximate surface area is 163 Å². The lowest BCUT2D eigenvalue weighted by Gasteiger charge is -2.21. The van der Waals surface area contributed by atoms with Gasteiger partial charge in [0.1, 0.15) is 17.4 Å². The molecule has 1 N–H and O–H groups in total. The van der Waals surface area contributed by atoms with Gasteiger partial charge < -0.3 is 4.42 Å². The predicted octanol–water partition coefficient (Wildman–Crippen LogP) is 4.78. The molecule has 2 heterocycles. The number of sulfonamides is 1. The number of hydrogen-bond acceptors (Lipinski definition) is 5. The van der Waals surface area contributed by atoms with E-state index in [0.717, 1.165) is 10.9 Å². The third kappa shape index (κ3) is 3.11. The zero-order valence-electron chi connectivity index (χ0n) is 16.1. The molecule has 4 rings (SSSR count). The van der Waals surface area contributed by atoms with E-state index >= 15 is 0 Å². The predicted molar refractivity (Wildman–Crippen MR) is 110 cm³/mol. The molecule has 0 unspecified atom stereocenters. The van der Waals surface area contributed by atoms with E-state index in [0.29, 0.717) is 22.2 Å². The summed E-state index contributed by atoms with van der Waals surface area (Å²) < 4.78 is 34.7. The number of rotatable bonds is 3. The molecule has 0 spiro atoms. The first-order valence-electron chi connectivity index (χ1n) is 8.93. The first-order chi connectivity index (χ1) is 13.2. The maximum absolute atomic E-state index is 13.1. The fraction of sp³-hybridized carbons (Fsp3) is 0.238. The number of nitrogens with zero attached hydrogens (tertiary/aromatic N) is 2. The van der Waals surface area contributed by atoms with E-state index < -0.39 is 10.0 Å². The average Bonchev–Trinajstić information content (AvgIpc) is 3.01. The van der Waals surface area contributed by atoms with Crippen LogP contribution in [0.25, 0.3) is 22.1 Å². The average molecular weight is 395 g/mol. The standard InChI is InChI=1S/C21H21N3O3S/c1-13-9-10-14(21(2,3)4)11-17(13)28(25,26)24-20-19-18(22-12-23-20)15-7-5-6-8-16(15)27-19/h5-12H,1-4H3,(H,22,23,24). The number of nitrogens with one attached hydrogen (secondary N) is 1. The van der Waals surface area contributed by atoms with Crippen molar-refractivity contribution in [1.82, 2.24) is 9.97 Å². The molecule has 4 aromatic rings. The van der Waals surface area contributed by atoms with Gasteiger partial charge in [-0.3, -0.25) is 4.72 Å². The molecule has 0 aliphatic heterocycles. The Morgan fingerprint density at radius 2 is 1.79 bits per heavy atom. The summed E-state index contributed by atoms with van der Waals surface area (Å²) in [5, 5.41) is 0.811. The van der Waals surface area contributed by atoms with E-state index in [-0.39, 0.29) is 16.1 Å². The van der Waals surface area contributed by atoms with Crippen LogP contribution in [0, 0.1) is 6.92 Å². The highest BCUT2D eigenvalue weighted by Crippen LogP contribution is 2.32. The molecule has 0 saturated heterocycles. The van der Waals surface area contributed by atoms with Gasteiger partial charge in [0.15, 0.2) is 11.4 Å². The molecule has 0 saturated carbocycles. The summed E-state index contributed by atoms with van der Waals surface area (Å²) in [7, 11) is -3.86. The Morgan fingerprint density at radius 3 is 2.54 bits per heavy atom. The lowest BCUT2D eigenvalue weighted by atomic mass is 9.87. The summed E-state index contributed by atoms with van der Waals surface area (Å²) in [6.45, 7) is 7.91. The second kappa shape index (κ2) is 6.31. The van der Waals surface area contributed by atoms with Crippen molar-refractivity contribution in [2.45, 2.75) is 38.0 Å². The number of fused-ring (bicyclic) bond motifs is 3. The fourth-order valence-corrected chi connectivity index (χ4v) is 4.42. The Hall–Kier alpha value is -2.93. The molecule has 28 heavy (non-hydrogen) atoms. The second-order valence-corrected chi connectivity index (χ2v) is 9.48. The maximum atomic E-state index is 13.1. The van der Waals surface area contributed by atoms with Gasteiger partial charge in [-0.1, -0.05) is 45.0 Å². The van der Waals surface area contributed by atoms with E-state index in [1.807, 2.05) is 57.2 Å². The van der Waals surface area contributed by atoms with E-state index in [2.05, 4.69) is 14.7 Å². The number of furan rings is 1. The van der Waals surface area contributed by atoms with Crippen LogP contribution in [0.15, 0.2) is 58.1 Å². The van der Waals surface area contributed by atoms with Crippen LogP contribution in [0.1, 0.15) is 31.9 Å². The van der Waals surface area contributed by atoms with Crippen molar-refractivity contribution in [1.29, 1.82) is 0 Å². The molecule has 0 radical (unpaired) electrons. The lowest BCUT2D eigenvalue weighted by Crippen LogP contribution is -2.18. The van der Waals surface area contributed by atoms with Crippen molar-refractivity contribution >= 4 is 37.9 Å². The molecule has 0 aliphatic rings. The Bertz CT molecular complexity index is 1300. The van der Waals surface area contributed by atoms with Crippen LogP contribution in [0.3, 0.4) is 0 Å². The van der Waals surface area contributed by atoms with Crippen molar-refractivity contribution in [3.05, 3.63) is 59.9 Å². The largest absolute Gasteiger partial charge is 0.450 e. The lowest BCUT2D eigenvalue weighted by molar-refractivity contribution is 0.584. The summed E-state index contributed by atoms with van der Waals surface area (Å²) in [5.41, 5.74) is 2.95. The van der Waals surface area contributed by atoms with Gasteiger partial charge in [0.25, 0.3) is 10.0 Å². The van der Waals surface area contributed by atoms with Crippen LogP contribution in [-0.4, -0.2) is 18.4 Å². The molecule has 2 aromatic heterocycles. The van der Waals surface area contributed by atoms with Crippen LogP contribution in [-0.2, 0) is 15.4 Å². The molecule has 0 atom stereocenters. The summed E-state index contributed by atoms with van der Waals surface area (Å²) in [6, 6.07) is 12.9. The first kappa shape index (κ1) is 18.4. The van der Waals surface area contributed by atoms with Crippen molar-refractivity contribution in [2.24, 2.45) is 0 Å². The van der Waals surface area contributed by atoms with Gasteiger partial charge in [-0.05, 0) is 41.7 Å². The number of hydrogen-bond donors (Lipinski definition) is 1.